The average molecular weight is 468 g/mol. The molecule has 0 bridgehead atoms. The molecule has 1 rings (SSSR count). The lowest BCUT2D eigenvalue weighted by Crippen LogP contribution is -2.44. The van der Waals surface area contributed by atoms with Crippen molar-refractivity contribution >= 4 is 40.0 Å². The third kappa shape index (κ3) is 6.94. The van der Waals surface area contributed by atoms with Gasteiger partial charge >= 0.3 is 0 Å². The van der Waals surface area contributed by atoms with E-state index in [1.165, 1.54) is 4.31 Å². The summed E-state index contributed by atoms with van der Waals surface area (Å²) in [6.07, 6.45) is 0. The van der Waals surface area contributed by atoms with Crippen LogP contribution in [0.25, 0.3) is 0 Å². The van der Waals surface area contributed by atoms with Gasteiger partial charge in [0.2, 0.25) is 10.0 Å². The average Bonchev–Trinajstić information content (AvgIpc) is 2.42. The lowest BCUT2D eigenvalue weighted by Gasteiger charge is -2.21. The van der Waals surface area contributed by atoms with Gasteiger partial charge in [-0.05, 0) is 52.3 Å². The maximum Gasteiger partial charge on any atom is 0.243 e. The quantitative estimate of drug-likeness (QED) is 0.395. The van der Waals surface area contributed by atoms with Crippen molar-refractivity contribution in [2.75, 3.05) is 7.05 Å². The Balaban J connectivity index is 0.00000529. The number of sulfonamides is 1. The van der Waals surface area contributed by atoms with E-state index < -0.39 is 10.0 Å². The summed E-state index contributed by atoms with van der Waals surface area (Å²) >= 11 is 0. The number of rotatable bonds is 5. The molecule has 0 aliphatic carbocycles. The van der Waals surface area contributed by atoms with E-state index in [-0.39, 0.29) is 40.5 Å². The lowest BCUT2D eigenvalue weighted by molar-refractivity contribution is 0.410. The predicted molar refractivity (Wildman–Crippen MR) is 110 cm³/mol. The maximum atomic E-state index is 12.4. The number of hydrogen-bond donors (Lipinski definition) is 2. The van der Waals surface area contributed by atoms with E-state index in [1.54, 1.807) is 31.3 Å². The molecule has 138 valence electrons. The van der Waals surface area contributed by atoms with E-state index in [4.69, 9.17) is 5.73 Å². The Bertz CT molecular complexity index is 650. The summed E-state index contributed by atoms with van der Waals surface area (Å²) in [4.78, 5) is 4.54. The van der Waals surface area contributed by atoms with Crippen molar-refractivity contribution in [3.05, 3.63) is 29.8 Å². The highest BCUT2D eigenvalue weighted by Crippen LogP contribution is 2.17. The van der Waals surface area contributed by atoms with E-state index in [0.29, 0.717) is 12.5 Å². The second-order valence-electron chi connectivity index (χ2n) is 6.84. The fraction of sp³-hybridized carbons (Fsp3) is 0.562. The minimum absolute atomic E-state index is 0. The van der Waals surface area contributed by atoms with E-state index in [1.807, 2.05) is 34.6 Å². The molecule has 0 aliphatic heterocycles. The smallest absolute Gasteiger partial charge is 0.243 e. The second kappa shape index (κ2) is 9.00. The van der Waals surface area contributed by atoms with Crippen LogP contribution in [0, 0.1) is 0 Å². The molecule has 0 spiro atoms. The molecule has 1 aromatic rings. The molecule has 0 saturated heterocycles. The second-order valence-corrected chi connectivity index (χ2v) is 8.83. The lowest BCUT2D eigenvalue weighted by atomic mass is 10.1. The van der Waals surface area contributed by atoms with Crippen molar-refractivity contribution in [2.24, 2.45) is 10.7 Å². The van der Waals surface area contributed by atoms with E-state index >= 15 is 0 Å². The van der Waals surface area contributed by atoms with Gasteiger partial charge in [0.25, 0.3) is 0 Å². The first-order chi connectivity index (χ1) is 10.4. The van der Waals surface area contributed by atoms with Crippen molar-refractivity contribution in [3.8, 4) is 0 Å². The molecule has 24 heavy (non-hydrogen) atoms. The molecule has 3 N–H and O–H groups in total. The molecular weight excluding hydrogens is 439 g/mol. The first-order valence-corrected chi connectivity index (χ1v) is 9.02. The van der Waals surface area contributed by atoms with E-state index in [9.17, 15) is 8.42 Å². The Morgan fingerprint density at radius 1 is 1.25 bits per heavy atom. The van der Waals surface area contributed by atoms with Gasteiger partial charge in [0.1, 0.15) is 0 Å². The highest BCUT2D eigenvalue weighted by molar-refractivity contribution is 14.0. The number of nitrogens with two attached hydrogens (primary N) is 1. The van der Waals surface area contributed by atoms with Crippen LogP contribution in [0.5, 0.6) is 0 Å². The van der Waals surface area contributed by atoms with Gasteiger partial charge in [0, 0.05) is 18.6 Å². The summed E-state index contributed by atoms with van der Waals surface area (Å²) in [5.41, 5.74) is 6.57. The molecule has 0 unspecified atom stereocenters. The molecule has 0 aromatic heterocycles. The number of benzene rings is 1. The summed E-state index contributed by atoms with van der Waals surface area (Å²) in [6.45, 7) is 10.1. The van der Waals surface area contributed by atoms with Crippen LogP contribution in [0.1, 0.15) is 40.2 Å². The van der Waals surface area contributed by atoms with Gasteiger partial charge in [-0.15, -0.1) is 24.0 Å². The number of halogens is 1. The van der Waals surface area contributed by atoms with Crippen LogP contribution in [-0.4, -0.2) is 37.3 Å². The van der Waals surface area contributed by atoms with Crippen LogP contribution in [0.2, 0.25) is 0 Å². The van der Waals surface area contributed by atoms with Crippen LogP contribution in [0.15, 0.2) is 34.2 Å². The van der Waals surface area contributed by atoms with Gasteiger partial charge in [0.15, 0.2) is 5.96 Å². The number of nitrogens with zero attached hydrogens (tertiary/aromatic N) is 2. The highest BCUT2D eigenvalue weighted by atomic mass is 127. The largest absolute Gasteiger partial charge is 0.370 e. The van der Waals surface area contributed by atoms with Gasteiger partial charge in [-0.2, -0.15) is 4.31 Å². The normalized spacial score (nSPS) is 13.1. The summed E-state index contributed by atoms with van der Waals surface area (Å²) in [5.74, 6) is 0.369. The molecule has 0 fully saturated rings. The van der Waals surface area contributed by atoms with Gasteiger partial charge in [0.05, 0.1) is 11.4 Å². The van der Waals surface area contributed by atoms with E-state index in [0.717, 1.165) is 5.56 Å². The summed E-state index contributed by atoms with van der Waals surface area (Å²) in [7, 11) is -1.87. The number of hydrogen-bond acceptors (Lipinski definition) is 3. The molecule has 0 radical (unpaired) electrons. The Kier molecular flexibility index (Phi) is 8.68. The standard InChI is InChI=1S/C16H28N4O2S.HI/c1-12(2)20(6)23(21,22)14-9-7-13(8-10-14)11-18-15(17)19-16(3,4)5;/h7-10,12H,11H2,1-6H3,(H3,17,18,19);1H. The van der Waals surface area contributed by atoms with Crippen LogP contribution >= 0.6 is 24.0 Å². The molecule has 0 atom stereocenters. The van der Waals surface area contributed by atoms with Crippen molar-refractivity contribution in [1.82, 2.24) is 9.62 Å². The van der Waals surface area contributed by atoms with Gasteiger partial charge in [-0.1, -0.05) is 12.1 Å². The molecule has 0 amide bonds. The summed E-state index contributed by atoms with van der Waals surface area (Å²) < 4.78 is 26.1. The monoisotopic (exact) mass is 468 g/mol. The zero-order valence-corrected chi connectivity index (χ0v) is 18.3. The molecule has 6 nitrogen and oxygen atoms in total. The topological polar surface area (TPSA) is 87.8 Å². The zero-order chi connectivity index (χ0) is 17.8. The first-order valence-electron chi connectivity index (χ1n) is 7.58. The van der Waals surface area contributed by atoms with Crippen molar-refractivity contribution in [1.29, 1.82) is 0 Å². The third-order valence-electron chi connectivity index (χ3n) is 3.26. The number of guanidine groups is 1. The Hall–Kier alpha value is -0.870. The van der Waals surface area contributed by atoms with Crippen LogP contribution < -0.4 is 11.1 Å². The summed E-state index contributed by atoms with van der Waals surface area (Å²) in [6, 6.07) is 6.63. The van der Waals surface area contributed by atoms with Crippen molar-refractivity contribution in [2.45, 2.75) is 57.6 Å². The van der Waals surface area contributed by atoms with Gasteiger partial charge in [-0.3, -0.25) is 0 Å². The Labute approximate surface area is 163 Å². The van der Waals surface area contributed by atoms with Crippen molar-refractivity contribution < 1.29 is 8.42 Å². The van der Waals surface area contributed by atoms with Crippen LogP contribution in [0.3, 0.4) is 0 Å². The molecule has 8 heteroatoms. The maximum absolute atomic E-state index is 12.4. The minimum Gasteiger partial charge on any atom is -0.370 e. The fourth-order valence-electron chi connectivity index (χ4n) is 1.81. The SMILES string of the molecule is CC(C)N(C)S(=O)(=O)c1ccc(CN=C(N)NC(C)(C)C)cc1.I. The first kappa shape index (κ1) is 23.1. The van der Waals surface area contributed by atoms with Crippen molar-refractivity contribution in [3.63, 3.8) is 0 Å². The van der Waals surface area contributed by atoms with Gasteiger partial charge in [-0.25, -0.2) is 13.4 Å². The number of nitrogens with one attached hydrogen (secondary N) is 1. The molecular formula is C16H29IN4O2S. The molecule has 0 heterocycles. The predicted octanol–water partition coefficient (Wildman–Crippen LogP) is 2.54. The minimum atomic E-state index is -3.45. The zero-order valence-electron chi connectivity index (χ0n) is 15.2. The summed E-state index contributed by atoms with van der Waals surface area (Å²) in [5, 5.41) is 3.08. The third-order valence-corrected chi connectivity index (χ3v) is 5.31. The molecule has 1 aromatic carbocycles. The van der Waals surface area contributed by atoms with Crippen LogP contribution in [0.4, 0.5) is 0 Å². The highest BCUT2D eigenvalue weighted by Gasteiger charge is 2.22. The van der Waals surface area contributed by atoms with Gasteiger partial charge < -0.3 is 11.1 Å². The Morgan fingerprint density at radius 2 is 1.75 bits per heavy atom. The number of aliphatic imine (C=N–C) groups is 1. The van der Waals surface area contributed by atoms with Crippen LogP contribution in [-0.2, 0) is 16.6 Å². The Morgan fingerprint density at radius 3 is 2.17 bits per heavy atom. The van der Waals surface area contributed by atoms with E-state index in [2.05, 4.69) is 10.3 Å². The molecule has 0 saturated carbocycles. The molecule has 0 aliphatic rings. The fourth-order valence-corrected chi connectivity index (χ4v) is 3.18.